The highest BCUT2D eigenvalue weighted by molar-refractivity contribution is 6.31. The van der Waals surface area contributed by atoms with Crippen molar-refractivity contribution in [2.45, 2.75) is 6.18 Å². The molecule has 0 atom stereocenters. The van der Waals surface area contributed by atoms with Gasteiger partial charge in [0, 0.05) is 43.8 Å². The van der Waals surface area contributed by atoms with Crippen LogP contribution in [-0.4, -0.2) is 36.0 Å². The summed E-state index contributed by atoms with van der Waals surface area (Å²) in [5.74, 6) is 0.258. The van der Waals surface area contributed by atoms with Crippen LogP contribution in [0.2, 0.25) is 5.02 Å². The van der Waals surface area contributed by atoms with Crippen LogP contribution in [0.4, 0.5) is 29.3 Å². The standard InChI is InChI=1S/C22H19ClF3N5O3/c1-31(2)30-20(32)19-12-16(8-9-27-19)34-15-5-3-4-13(10-15)28-21(33)29-14-6-7-18(23)17(11-14)22(24,25)26/h3-12H,1-2H3,(H,30,32)(H2,28,29,33). The number of benzene rings is 2. The molecule has 2 aromatic carbocycles. The number of rotatable bonds is 6. The van der Waals surface area contributed by atoms with Crippen LogP contribution in [0.5, 0.6) is 11.5 Å². The van der Waals surface area contributed by atoms with E-state index in [2.05, 4.69) is 21.0 Å². The van der Waals surface area contributed by atoms with Crippen molar-refractivity contribution >= 4 is 34.9 Å². The monoisotopic (exact) mass is 493 g/mol. The molecular formula is C22H19ClF3N5O3. The van der Waals surface area contributed by atoms with Crippen molar-refractivity contribution in [1.82, 2.24) is 15.4 Å². The summed E-state index contributed by atoms with van der Waals surface area (Å²) in [6.07, 6.45) is -3.24. The molecule has 8 nitrogen and oxygen atoms in total. The van der Waals surface area contributed by atoms with Gasteiger partial charge in [-0.05, 0) is 36.4 Å². The number of aromatic nitrogens is 1. The molecule has 0 aliphatic carbocycles. The van der Waals surface area contributed by atoms with Crippen molar-refractivity contribution in [1.29, 1.82) is 0 Å². The molecule has 0 saturated heterocycles. The predicted octanol–water partition coefficient (Wildman–Crippen LogP) is 5.40. The minimum absolute atomic E-state index is 0.0815. The Morgan fingerprint density at radius 1 is 0.971 bits per heavy atom. The maximum atomic E-state index is 13.0. The summed E-state index contributed by atoms with van der Waals surface area (Å²) >= 11 is 5.59. The van der Waals surface area contributed by atoms with Gasteiger partial charge in [0.1, 0.15) is 17.2 Å². The van der Waals surface area contributed by atoms with Gasteiger partial charge in [0.2, 0.25) is 0 Å². The summed E-state index contributed by atoms with van der Waals surface area (Å²) in [5.41, 5.74) is 1.89. The molecule has 1 aromatic heterocycles. The Hall–Kier alpha value is -3.83. The first-order chi connectivity index (χ1) is 16.0. The molecule has 0 bridgehead atoms. The Morgan fingerprint density at radius 2 is 1.65 bits per heavy atom. The highest BCUT2D eigenvalue weighted by atomic mass is 35.5. The first-order valence-corrected chi connectivity index (χ1v) is 10.1. The molecule has 3 aromatic rings. The van der Waals surface area contributed by atoms with Crippen molar-refractivity contribution in [3.05, 3.63) is 77.1 Å². The minimum Gasteiger partial charge on any atom is -0.457 e. The van der Waals surface area contributed by atoms with Crippen LogP contribution >= 0.6 is 11.6 Å². The molecule has 0 unspecified atom stereocenters. The molecule has 12 heteroatoms. The third kappa shape index (κ3) is 6.83. The summed E-state index contributed by atoms with van der Waals surface area (Å²) in [6, 6.07) is 11.6. The molecular weight excluding hydrogens is 475 g/mol. The Kier molecular flexibility index (Phi) is 7.59. The van der Waals surface area contributed by atoms with Gasteiger partial charge in [-0.3, -0.25) is 15.2 Å². The van der Waals surface area contributed by atoms with E-state index in [0.29, 0.717) is 17.2 Å². The Balaban J connectivity index is 1.67. The molecule has 34 heavy (non-hydrogen) atoms. The van der Waals surface area contributed by atoms with E-state index >= 15 is 0 Å². The van der Waals surface area contributed by atoms with Crippen LogP contribution in [0.15, 0.2) is 60.8 Å². The van der Waals surface area contributed by atoms with Gasteiger partial charge in [0.05, 0.1) is 10.6 Å². The lowest BCUT2D eigenvalue weighted by Gasteiger charge is -2.13. The fourth-order valence-electron chi connectivity index (χ4n) is 2.75. The van der Waals surface area contributed by atoms with Gasteiger partial charge in [-0.15, -0.1) is 0 Å². The number of anilines is 2. The van der Waals surface area contributed by atoms with Crippen LogP contribution in [0, 0.1) is 0 Å². The quantitative estimate of drug-likeness (QED) is 0.400. The van der Waals surface area contributed by atoms with Gasteiger partial charge in [-0.2, -0.15) is 13.2 Å². The van der Waals surface area contributed by atoms with Crippen molar-refractivity contribution in [2.75, 3.05) is 24.7 Å². The number of alkyl halides is 3. The normalized spacial score (nSPS) is 11.1. The molecule has 178 valence electrons. The van der Waals surface area contributed by atoms with Gasteiger partial charge >= 0.3 is 12.2 Å². The summed E-state index contributed by atoms with van der Waals surface area (Å²) in [4.78, 5) is 28.4. The predicted molar refractivity (Wildman–Crippen MR) is 121 cm³/mol. The number of hydrogen-bond acceptors (Lipinski definition) is 5. The average molecular weight is 494 g/mol. The lowest BCUT2D eigenvalue weighted by Crippen LogP contribution is -2.36. The number of carbonyl (C=O) groups is 2. The smallest absolute Gasteiger partial charge is 0.417 e. The van der Waals surface area contributed by atoms with E-state index in [4.69, 9.17) is 16.3 Å². The van der Waals surface area contributed by atoms with Crippen LogP contribution in [-0.2, 0) is 6.18 Å². The Morgan fingerprint density at radius 3 is 2.32 bits per heavy atom. The zero-order chi connectivity index (χ0) is 24.9. The summed E-state index contributed by atoms with van der Waals surface area (Å²) in [5, 5.41) is 5.85. The highest BCUT2D eigenvalue weighted by Crippen LogP contribution is 2.36. The largest absolute Gasteiger partial charge is 0.457 e. The van der Waals surface area contributed by atoms with E-state index in [-0.39, 0.29) is 11.4 Å². The molecule has 0 spiro atoms. The zero-order valence-corrected chi connectivity index (χ0v) is 18.7. The number of urea groups is 1. The van der Waals surface area contributed by atoms with Gasteiger partial charge < -0.3 is 15.4 Å². The van der Waals surface area contributed by atoms with Crippen molar-refractivity contribution in [2.24, 2.45) is 0 Å². The fourth-order valence-corrected chi connectivity index (χ4v) is 2.97. The van der Waals surface area contributed by atoms with Crippen LogP contribution in [0.1, 0.15) is 16.1 Å². The number of nitrogens with one attached hydrogen (secondary N) is 3. The lowest BCUT2D eigenvalue weighted by molar-refractivity contribution is -0.137. The van der Waals surface area contributed by atoms with Gasteiger partial charge in [-0.25, -0.2) is 9.80 Å². The first kappa shape index (κ1) is 24.8. The first-order valence-electron chi connectivity index (χ1n) is 9.68. The van der Waals surface area contributed by atoms with Crippen molar-refractivity contribution in [3.8, 4) is 11.5 Å². The molecule has 3 N–H and O–H groups in total. The van der Waals surface area contributed by atoms with Crippen LogP contribution in [0.3, 0.4) is 0 Å². The number of pyridine rings is 1. The zero-order valence-electron chi connectivity index (χ0n) is 17.9. The van der Waals surface area contributed by atoms with E-state index < -0.39 is 28.7 Å². The van der Waals surface area contributed by atoms with E-state index in [1.807, 2.05) is 0 Å². The topological polar surface area (TPSA) is 95.6 Å². The third-order valence-electron chi connectivity index (χ3n) is 4.15. The van der Waals surface area contributed by atoms with Crippen LogP contribution in [0.25, 0.3) is 0 Å². The number of hydrazine groups is 1. The van der Waals surface area contributed by atoms with Gasteiger partial charge in [-0.1, -0.05) is 17.7 Å². The second kappa shape index (κ2) is 10.4. The maximum Gasteiger partial charge on any atom is 0.417 e. The second-order valence-electron chi connectivity index (χ2n) is 7.11. The summed E-state index contributed by atoms with van der Waals surface area (Å²) in [7, 11) is 3.32. The summed E-state index contributed by atoms with van der Waals surface area (Å²) < 4.78 is 44.8. The van der Waals surface area contributed by atoms with E-state index in [9.17, 15) is 22.8 Å². The third-order valence-corrected chi connectivity index (χ3v) is 4.48. The molecule has 3 rings (SSSR count). The van der Waals surface area contributed by atoms with Crippen molar-refractivity contribution in [3.63, 3.8) is 0 Å². The average Bonchev–Trinajstić information content (AvgIpc) is 2.74. The van der Waals surface area contributed by atoms with Gasteiger partial charge in [0.15, 0.2) is 0 Å². The number of hydrogen-bond donors (Lipinski definition) is 3. The number of nitrogens with zero attached hydrogens (tertiary/aromatic N) is 2. The number of carbonyl (C=O) groups excluding carboxylic acids is 2. The molecule has 0 radical (unpaired) electrons. The Bertz CT molecular complexity index is 1200. The number of amides is 3. The minimum atomic E-state index is -4.66. The maximum absolute atomic E-state index is 13.0. The van der Waals surface area contributed by atoms with E-state index in [1.54, 1.807) is 38.4 Å². The fraction of sp³-hybridized carbons (Fsp3) is 0.136. The van der Waals surface area contributed by atoms with Crippen LogP contribution < -0.4 is 20.8 Å². The second-order valence-corrected chi connectivity index (χ2v) is 7.52. The SMILES string of the molecule is CN(C)NC(=O)c1cc(Oc2cccc(NC(=O)Nc3ccc(Cl)c(C(F)(F)F)c3)c2)ccn1. The number of halogens is 4. The van der Waals surface area contributed by atoms with E-state index in [0.717, 1.165) is 12.1 Å². The lowest BCUT2D eigenvalue weighted by atomic mass is 10.2. The molecule has 3 amide bonds. The number of ether oxygens (including phenoxy) is 1. The van der Waals surface area contributed by atoms with Crippen molar-refractivity contribution < 1.29 is 27.5 Å². The highest BCUT2D eigenvalue weighted by Gasteiger charge is 2.33. The van der Waals surface area contributed by atoms with E-state index in [1.165, 1.54) is 29.4 Å². The molecule has 0 aliphatic heterocycles. The molecule has 0 fully saturated rings. The molecule has 0 aliphatic rings. The Labute approximate surface area is 197 Å². The summed E-state index contributed by atoms with van der Waals surface area (Å²) in [6.45, 7) is 0. The molecule has 0 saturated carbocycles. The van der Waals surface area contributed by atoms with Gasteiger partial charge in [0.25, 0.3) is 5.91 Å². The molecule has 1 heterocycles.